The minimum absolute atomic E-state index is 0.451. The van der Waals surface area contributed by atoms with Gasteiger partial charge in [0.15, 0.2) is 0 Å². The Morgan fingerprint density at radius 3 is 1.95 bits per heavy atom. The molecule has 0 aliphatic carbocycles. The Kier molecular flexibility index (Phi) is 8.79. The first-order valence-corrected chi connectivity index (χ1v) is 9.11. The van der Waals surface area contributed by atoms with Gasteiger partial charge in [0.05, 0.1) is 0 Å². The highest BCUT2D eigenvalue weighted by molar-refractivity contribution is 4.94. The predicted octanol–water partition coefficient (Wildman–Crippen LogP) is 4.58. The third-order valence-corrected chi connectivity index (χ3v) is 5.19. The summed E-state index contributed by atoms with van der Waals surface area (Å²) in [6.07, 6.45) is 13.9. The van der Waals surface area contributed by atoms with Gasteiger partial charge in [-0.05, 0) is 32.2 Å². The molecule has 0 spiro atoms. The van der Waals surface area contributed by atoms with E-state index in [0.717, 1.165) is 12.5 Å². The first kappa shape index (κ1) is 18.0. The van der Waals surface area contributed by atoms with Crippen molar-refractivity contribution in [3.05, 3.63) is 0 Å². The summed E-state index contributed by atoms with van der Waals surface area (Å²) in [7, 11) is 0. The topological polar surface area (TPSA) is 29.3 Å². The van der Waals surface area contributed by atoms with Crippen molar-refractivity contribution in [3.8, 4) is 0 Å². The van der Waals surface area contributed by atoms with Gasteiger partial charge in [0.25, 0.3) is 0 Å². The van der Waals surface area contributed by atoms with Gasteiger partial charge >= 0.3 is 0 Å². The summed E-state index contributed by atoms with van der Waals surface area (Å²) in [5.41, 5.74) is 6.24. The quantitative estimate of drug-likeness (QED) is 0.531. The van der Waals surface area contributed by atoms with Crippen molar-refractivity contribution in [1.29, 1.82) is 0 Å². The Morgan fingerprint density at radius 1 is 0.900 bits per heavy atom. The Labute approximate surface area is 127 Å². The minimum atomic E-state index is 0.451. The summed E-state index contributed by atoms with van der Waals surface area (Å²) in [5, 5.41) is 0. The molecule has 2 heteroatoms. The molecule has 2 nitrogen and oxygen atoms in total. The van der Waals surface area contributed by atoms with Gasteiger partial charge in [-0.3, -0.25) is 4.90 Å². The second-order valence-corrected chi connectivity index (χ2v) is 7.12. The van der Waals surface area contributed by atoms with Crippen LogP contribution in [0.25, 0.3) is 0 Å². The zero-order valence-electron chi connectivity index (χ0n) is 14.3. The van der Waals surface area contributed by atoms with Gasteiger partial charge in [-0.2, -0.15) is 0 Å². The third-order valence-electron chi connectivity index (χ3n) is 5.19. The molecule has 1 fully saturated rings. The molecule has 1 unspecified atom stereocenters. The van der Waals surface area contributed by atoms with Crippen LogP contribution in [0.2, 0.25) is 0 Å². The predicted molar refractivity (Wildman–Crippen MR) is 90.0 cm³/mol. The summed E-state index contributed by atoms with van der Waals surface area (Å²) in [6.45, 7) is 10.5. The monoisotopic (exact) mass is 282 g/mol. The summed E-state index contributed by atoms with van der Waals surface area (Å²) < 4.78 is 0. The maximum Gasteiger partial charge on any atom is 0.0181 e. The van der Waals surface area contributed by atoms with Crippen LogP contribution in [0.4, 0.5) is 0 Å². The molecule has 0 aromatic carbocycles. The second kappa shape index (κ2) is 9.78. The van der Waals surface area contributed by atoms with Gasteiger partial charge in [-0.1, -0.05) is 65.2 Å². The lowest BCUT2D eigenvalue weighted by Gasteiger charge is -2.51. The van der Waals surface area contributed by atoms with Crippen LogP contribution >= 0.6 is 0 Å². The van der Waals surface area contributed by atoms with Gasteiger partial charge in [0.2, 0.25) is 0 Å². The number of hydrogen-bond acceptors (Lipinski definition) is 2. The molecule has 0 saturated carbocycles. The number of hydrogen-bond donors (Lipinski definition) is 1. The Bertz CT molecular complexity index is 236. The number of nitrogens with two attached hydrogens (primary N) is 1. The molecule has 0 aromatic rings. The fourth-order valence-corrected chi connectivity index (χ4v) is 3.47. The molecule has 120 valence electrons. The van der Waals surface area contributed by atoms with E-state index in [1.165, 1.54) is 77.3 Å². The minimum Gasteiger partial charge on any atom is -0.330 e. The normalized spacial score (nSPS) is 19.8. The van der Waals surface area contributed by atoms with Crippen molar-refractivity contribution >= 4 is 0 Å². The van der Waals surface area contributed by atoms with Crippen LogP contribution in [0.1, 0.15) is 85.0 Å². The first-order chi connectivity index (χ1) is 9.66. The lowest BCUT2D eigenvalue weighted by Crippen LogP contribution is -2.60. The van der Waals surface area contributed by atoms with Crippen molar-refractivity contribution in [3.63, 3.8) is 0 Å². The van der Waals surface area contributed by atoms with Crippen molar-refractivity contribution in [2.24, 2.45) is 11.7 Å². The smallest absolute Gasteiger partial charge is 0.0181 e. The summed E-state index contributed by atoms with van der Waals surface area (Å²) >= 11 is 0. The van der Waals surface area contributed by atoms with E-state index in [2.05, 4.69) is 25.7 Å². The largest absolute Gasteiger partial charge is 0.330 e. The molecule has 0 bridgehead atoms. The molecule has 1 saturated heterocycles. The molecule has 0 amide bonds. The van der Waals surface area contributed by atoms with Crippen LogP contribution in [0.5, 0.6) is 0 Å². The highest BCUT2D eigenvalue weighted by Crippen LogP contribution is 2.34. The fraction of sp³-hybridized carbons (Fsp3) is 1.00. The average Bonchev–Trinajstić information content (AvgIpc) is 2.38. The Morgan fingerprint density at radius 2 is 1.40 bits per heavy atom. The molecule has 1 heterocycles. The number of nitrogens with zero attached hydrogens (tertiary/aromatic N) is 1. The summed E-state index contributed by atoms with van der Waals surface area (Å²) in [5.74, 6) is 0.764. The maximum absolute atomic E-state index is 5.79. The first-order valence-electron chi connectivity index (χ1n) is 9.11. The van der Waals surface area contributed by atoms with Crippen molar-refractivity contribution in [2.75, 3.05) is 19.6 Å². The van der Waals surface area contributed by atoms with Gasteiger partial charge in [0, 0.05) is 18.6 Å². The van der Waals surface area contributed by atoms with E-state index in [-0.39, 0.29) is 0 Å². The molecule has 1 rings (SSSR count). The van der Waals surface area contributed by atoms with Gasteiger partial charge in [-0.15, -0.1) is 0 Å². The molecule has 1 aliphatic heterocycles. The number of unbranched alkanes of at least 4 members (excludes halogenated alkanes) is 6. The lowest BCUT2D eigenvalue weighted by atomic mass is 9.82. The summed E-state index contributed by atoms with van der Waals surface area (Å²) in [4.78, 5) is 2.72. The SMILES string of the molecule is CCCCCCCC(C)(CCCCC)N1CC(CN)C1. The number of rotatable bonds is 12. The van der Waals surface area contributed by atoms with Gasteiger partial charge in [-0.25, -0.2) is 0 Å². The van der Waals surface area contributed by atoms with Crippen LogP contribution in [0.3, 0.4) is 0 Å². The van der Waals surface area contributed by atoms with Crippen LogP contribution in [-0.4, -0.2) is 30.1 Å². The van der Waals surface area contributed by atoms with E-state index >= 15 is 0 Å². The van der Waals surface area contributed by atoms with Crippen LogP contribution < -0.4 is 5.73 Å². The third kappa shape index (κ3) is 5.73. The maximum atomic E-state index is 5.79. The van der Waals surface area contributed by atoms with E-state index in [4.69, 9.17) is 5.73 Å². The van der Waals surface area contributed by atoms with Crippen molar-refractivity contribution in [2.45, 2.75) is 90.5 Å². The van der Waals surface area contributed by atoms with Crippen LogP contribution in [0, 0.1) is 5.92 Å². The number of likely N-dealkylation sites (tertiary alicyclic amines) is 1. The Balaban J connectivity index is 2.34. The Hall–Kier alpha value is -0.0800. The zero-order chi connectivity index (χ0) is 14.8. The van der Waals surface area contributed by atoms with Crippen LogP contribution in [-0.2, 0) is 0 Å². The molecule has 1 atom stereocenters. The molecule has 1 aliphatic rings. The summed E-state index contributed by atoms with van der Waals surface area (Å²) in [6, 6.07) is 0. The molecule has 0 aromatic heterocycles. The van der Waals surface area contributed by atoms with Crippen molar-refractivity contribution in [1.82, 2.24) is 4.90 Å². The molecular formula is C18H38N2. The lowest BCUT2D eigenvalue weighted by molar-refractivity contribution is -0.0156. The van der Waals surface area contributed by atoms with Gasteiger partial charge < -0.3 is 5.73 Å². The zero-order valence-corrected chi connectivity index (χ0v) is 14.3. The second-order valence-electron chi connectivity index (χ2n) is 7.12. The standard InChI is InChI=1S/C18H38N2/c1-4-6-8-9-11-13-18(3,12-10-7-5-2)20-15-17(14-19)16-20/h17H,4-16,19H2,1-3H3. The fourth-order valence-electron chi connectivity index (χ4n) is 3.47. The molecular weight excluding hydrogens is 244 g/mol. The van der Waals surface area contributed by atoms with Crippen LogP contribution in [0.15, 0.2) is 0 Å². The van der Waals surface area contributed by atoms with Gasteiger partial charge in [0.1, 0.15) is 0 Å². The van der Waals surface area contributed by atoms with E-state index in [1.54, 1.807) is 0 Å². The highest BCUT2D eigenvalue weighted by Gasteiger charge is 2.38. The van der Waals surface area contributed by atoms with E-state index in [9.17, 15) is 0 Å². The van der Waals surface area contributed by atoms with E-state index in [1.807, 2.05) is 0 Å². The average molecular weight is 283 g/mol. The van der Waals surface area contributed by atoms with Crippen molar-refractivity contribution < 1.29 is 0 Å². The van der Waals surface area contributed by atoms with E-state index in [0.29, 0.717) is 5.54 Å². The molecule has 2 N–H and O–H groups in total. The highest BCUT2D eigenvalue weighted by atomic mass is 15.2. The molecule has 0 radical (unpaired) electrons. The van der Waals surface area contributed by atoms with E-state index < -0.39 is 0 Å². The molecule has 20 heavy (non-hydrogen) atoms.